The second kappa shape index (κ2) is 9.17. The molecule has 7 heteroatoms. The van der Waals surface area contributed by atoms with Crippen LogP contribution in [0.1, 0.15) is 30.3 Å². The number of amides is 1. The van der Waals surface area contributed by atoms with Crippen LogP contribution in [0.3, 0.4) is 0 Å². The molecule has 0 radical (unpaired) electrons. The highest BCUT2D eigenvalue weighted by Gasteiger charge is 2.18. The van der Waals surface area contributed by atoms with Crippen LogP contribution in [-0.4, -0.2) is 43.1 Å². The molecule has 25 heavy (non-hydrogen) atoms. The number of hydrogen-bond acceptors (Lipinski definition) is 4. The molecule has 0 bridgehead atoms. The minimum absolute atomic E-state index is 0.225. The molecule has 0 saturated carbocycles. The molecule has 2 rings (SSSR count). The molecule has 0 aliphatic rings. The number of benzene rings is 1. The maximum absolute atomic E-state index is 14.3. The zero-order valence-electron chi connectivity index (χ0n) is 14.8. The number of ether oxygens (including phenoxy) is 2. The zero-order chi connectivity index (χ0) is 18.2. The van der Waals surface area contributed by atoms with Crippen LogP contribution in [0.2, 0.25) is 0 Å². The fourth-order valence-corrected chi connectivity index (χ4v) is 2.45. The quantitative estimate of drug-likeness (QED) is 0.707. The second-order valence-corrected chi connectivity index (χ2v) is 5.59. The summed E-state index contributed by atoms with van der Waals surface area (Å²) in [6, 6.07) is 6.19. The summed E-state index contributed by atoms with van der Waals surface area (Å²) in [4.78, 5) is 12.4. The average molecular weight is 349 g/mol. The molecule has 0 aliphatic carbocycles. The molecule has 1 aromatic carbocycles. The maximum Gasteiger partial charge on any atom is 0.269 e. The minimum atomic E-state index is -0.437. The Balaban J connectivity index is 2.25. The smallest absolute Gasteiger partial charge is 0.269 e. The van der Waals surface area contributed by atoms with Crippen molar-refractivity contribution in [3.63, 3.8) is 0 Å². The van der Waals surface area contributed by atoms with Crippen molar-refractivity contribution in [3.8, 4) is 17.0 Å². The number of aryl methyl sites for hydroxylation is 1. The summed E-state index contributed by atoms with van der Waals surface area (Å²) in [6.07, 6.45) is 1.54. The summed E-state index contributed by atoms with van der Waals surface area (Å²) < 4.78 is 25.9. The van der Waals surface area contributed by atoms with E-state index in [4.69, 9.17) is 9.47 Å². The zero-order valence-corrected chi connectivity index (χ0v) is 14.8. The van der Waals surface area contributed by atoms with E-state index < -0.39 is 5.82 Å². The van der Waals surface area contributed by atoms with Crippen LogP contribution in [0, 0.1) is 5.82 Å². The van der Waals surface area contributed by atoms with Crippen molar-refractivity contribution in [3.05, 3.63) is 35.8 Å². The molecule has 1 heterocycles. The lowest BCUT2D eigenvalue weighted by Crippen LogP contribution is -2.27. The molecule has 1 aromatic heterocycles. The van der Waals surface area contributed by atoms with E-state index >= 15 is 0 Å². The molecule has 0 fully saturated rings. The first-order valence-electron chi connectivity index (χ1n) is 8.29. The molecule has 136 valence electrons. The number of nitrogens with zero attached hydrogens (tertiary/aromatic N) is 2. The van der Waals surface area contributed by atoms with Gasteiger partial charge in [0, 0.05) is 38.4 Å². The second-order valence-electron chi connectivity index (χ2n) is 5.59. The standard InChI is InChI=1S/C18H24FN3O3/c1-4-9-22-17(18(23)20-8-5-10-24-2)12-16(21-22)14-7-6-13(25-3)11-15(14)19/h6-7,11-12H,4-5,8-10H2,1-3H3,(H,20,23). The average Bonchev–Trinajstić information content (AvgIpc) is 3.02. The third-order valence-electron chi connectivity index (χ3n) is 3.71. The molecule has 1 amide bonds. The van der Waals surface area contributed by atoms with Gasteiger partial charge in [-0.05, 0) is 31.0 Å². The molecule has 0 atom stereocenters. The molecule has 0 saturated heterocycles. The molecule has 1 N–H and O–H groups in total. The Labute approximate surface area is 146 Å². The van der Waals surface area contributed by atoms with E-state index in [9.17, 15) is 9.18 Å². The van der Waals surface area contributed by atoms with Gasteiger partial charge in [0.05, 0.1) is 12.8 Å². The fraction of sp³-hybridized carbons (Fsp3) is 0.444. The van der Waals surface area contributed by atoms with Crippen LogP contribution in [0.25, 0.3) is 11.3 Å². The van der Waals surface area contributed by atoms with Gasteiger partial charge in [0.1, 0.15) is 17.3 Å². The number of methoxy groups -OCH3 is 2. The van der Waals surface area contributed by atoms with Gasteiger partial charge < -0.3 is 14.8 Å². The highest BCUT2D eigenvalue weighted by Crippen LogP contribution is 2.26. The molecule has 0 unspecified atom stereocenters. The molecular weight excluding hydrogens is 325 g/mol. The first-order valence-corrected chi connectivity index (χ1v) is 8.29. The number of aromatic nitrogens is 2. The number of carbonyl (C=O) groups is 1. The van der Waals surface area contributed by atoms with Gasteiger partial charge in [0.2, 0.25) is 0 Å². The predicted octanol–water partition coefficient (Wildman–Crippen LogP) is 2.87. The van der Waals surface area contributed by atoms with E-state index in [0.717, 1.165) is 12.8 Å². The van der Waals surface area contributed by atoms with Crippen LogP contribution in [0.15, 0.2) is 24.3 Å². The normalized spacial score (nSPS) is 10.7. The monoisotopic (exact) mass is 349 g/mol. The summed E-state index contributed by atoms with van der Waals surface area (Å²) in [5, 5.41) is 7.24. The maximum atomic E-state index is 14.3. The summed E-state index contributed by atoms with van der Waals surface area (Å²) in [6.45, 7) is 3.67. The lowest BCUT2D eigenvalue weighted by atomic mass is 10.1. The van der Waals surface area contributed by atoms with Crippen molar-refractivity contribution in [1.29, 1.82) is 0 Å². The Morgan fingerprint density at radius 3 is 2.76 bits per heavy atom. The van der Waals surface area contributed by atoms with Gasteiger partial charge in [0.25, 0.3) is 5.91 Å². The van der Waals surface area contributed by atoms with Crippen LogP contribution in [-0.2, 0) is 11.3 Å². The van der Waals surface area contributed by atoms with Crippen LogP contribution < -0.4 is 10.1 Å². The van der Waals surface area contributed by atoms with Gasteiger partial charge in [0.15, 0.2) is 0 Å². The number of hydrogen-bond donors (Lipinski definition) is 1. The van der Waals surface area contributed by atoms with Crippen molar-refractivity contribution in [1.82, 2.24) is 15.1 Å². The van der Waals surface area contributed by atoms with E-state index in [0.29, 0.717) is 42.4 Å². The van der Waals surface area contributed by atoms with E-state index in [-0.39, 0.29) is 5.91 Å². The number of halogens is 1. The molecular formula is C18H24FN3O3. The van der Waals surface area contributed by atoms with Crippen LogP contribution in [0.4, 0.5) is 4.39 Å². The minimum Gasteiger partial charge on any atom is -0.497 e. The van der Waals surface area contributed by atoms with Gasteiger partial charge in [-0.3, -0.25) is 9.48 Å². The first kappa shape index (κ1) is 18.9. The SMILES string of the molecule is CCCn1nc(-c2ccc(OC)cc2F)cc1C(=O)NCCCOC. The van der Waals surface area contributed by atoms with E-state index in [2.05, 4.69) is 10.4 Å². The summed E-state index contributed by atoms with van der Waals surface area (Å²) >= 11 is 0. The molecule has 6 nitrogen and oxygen atoms in total. The topological polar surface area (TPSA) is 65.4 Å². The van der Waals surface area contributed by atoms with Crippen LogP contribution >= 0.6 is 0 Å². The van der Waals surface area contributed by atoms with E-state index in [1.807, 2.05) is 6.92 Å². The molecule has 0 spiro atoms. The Bertz CT molecular complexity index is 716. The Hall–Kier alpha value is -2.41. The van der Waals surface area contributed by atoms with E-state index in [1.165, 1.54) is 13.2 Å². The van der Waals surface area contributed by atoms with Crippen molar-refractivity contribution in [2.45, 2.75) is 26.3 Å². The molecule has 2 aromatic rings. The summed E-state index contributed by atoms with van der Waals surface area (Å²) in [5.74, 6) is -0.227. The summed E-state index contributed by atoms with van der Waals surface area (Å²) in [7, 11) is 3.10. The van der Waals surface area contributed by atoms with Gasteiger partial charge in [-0.25, -0.2) is 4.39 Å². The Kier molecular flexibility index (Phi) is 6.94. The van der Waals surface area contributed by atoms with Gasteiger partial charge in [-0.1, -0.05) is 6.92 Å². The highest BCUT2D eigenvalue weighted by molar-refractivity contribution is 5.93. The summed E-state index contributed by atoms with van der Waals surface area (Å²) in [5.41, 5.74) is 1.18. The van der Waals surface area contributed by atoms with Crippen molar-refractivity contribution in [2.24, 2.45) is 0 Å². The van der Waals surface area contributed by atoms with Crippen molar-refractivity contribution >= 4 is 5.91 Å². The third kappa shape index (κ3) is 4.79. The lowest BCUT2D eigenvalue weighted by molar-refractivity contribution is 0.0937. The Morgan fingerprint density at radius 2 is 2.12 bits per heavy atom. The number of nitrogens with one attached hydrogen (secondary N) is 1. The van der Waals surface area contributed by atoms with Gasteiger partial charge >= 0.3 is 0 Å². The largest absolute Gasteiger partial charge is 0.497 e. The Morgan fingerprint density at radius 1 is 1.32 bits per heavy atom. The van der Waals surface area contributed by atoms with E-state index in [1.54, 1.807) is 30.0 Å². The number of rotatable bonds is 9. The lowest BCUT2D eigenvalue weighted by Gasteiger charge is -2.07. The molecule has 0 aliphatic heterocycles. The van der Waals surface area contributed by atoms with Crippen molar-refractivity contribution in [2.75, 3.05) is 27.4 Å². The predicted molar refractivity (Wildman–Crippen MR) is 93.3 cm³/mol. The van der Waals surface area contributed by atoms with Gasteiger partial charge in [-0.2, -0.15) is 5.10 Å². The first-order chi connectivity index (χ1) is 12.1. The van der Waals surface area contributed by atoms with Gasteiger partial charge in [-0.15, -0.1) is 0 Å². The highest BCUT2D eigenvalue weighted by atomic mass is 19.1. The third-order valence-corrected chi connectivity index (χ3v) is 3.71. The fourth-order valence-electron chi connectivity index (χ4n) is 2.45. The van der Waals surface area contributed by atoms with Crippen LogP contribution in [0.5, 0.6) is 5.75 Å². The van der Waals surface area contributed by atoms with Crippen molar-refractivity contribution < 1.29 is 18.7 Å². The number of carbonyl (C=O) groups excluding carboxylic acids is 1.